The number of rotatable bonds is 6. The molecule has 2 aromatic carbocycles. The van der Waals surface area contributed by atoms with Crippen LogP contribution in [0, 0.1) is 0 Å². The van der Waals surface area contributed by atoms with E-state index >= 15 is 0 Å². The van der Waals surface area contributed by atoms with Crippen LogP contribution in [0.2, 0.25) is 0 Å². The van der Waals surface area contributed by atoms with Crippen molar-refractivity contribution in [2.24, 2.45) is 0 Å². The molecule has 0 fully saturated rings. The van der Waals surface area contributed by atoms with Crippen LogP contribution in [-0.4, -0.2) is 16.8 Å². The molecule has 0 saturated heterocycles. The summed E-state index contributed by atoms with van der Waals surface area (Å²) in [5.74, 6) is 0.00949. The number of hydrogen-bond acceptors (Lipinski definition) is 4. The highest BCUT2D eigenvalue weighted by atomic mass is 16.3. The summed E-state index contributed by atoms with van der Waals surface area (Å²) in [6.45, 7) is 0.266. The lowest BCUT2D eigenvalue weighted by atomic mass is 10.1. The first-order valence-corrected chi connectivity index (χ1v) is 9.43. The van der Waals surface area contributed by atoms with Gasteiger partial charge in [0.1, 0.15) is 5.76 Å². The molecular formula is C24H19N3O3. The summed E-state index contributed by atoms with van der Waals surface area (Å²) in [5.41, 5.74) is 2.47. The second-order valence-corrected chi connectivity index (χ2v) is 6.55. The summed E-state index contributed by atoms with van der Waals surface area (Å²) in [5, 5.41) is 6.55. The highest BCUT2D eigenvalue weighted by molar-refractivity contribution is 6.08. The Kier molecular flexibility index (Phi) is 5.66. The number of furan rings is 1. The van der Waals surface area contributed by atoms with Crippen LogP contribution < -0.4 is 10.6 Å². The summed E-state index contributed by atoms with van der Waals surface area (Å²) in [7, 11) is 0. The zero-order valence-electron chi connectivity index (χ0n) is 16.0. The minimum absolute atomic E-state index is 0.266. The van der Waals surface area contributed by atoms with E-state index in [1.54, 1.807) is 54.9 Å². The maximum atomic E-state index is 12.5. The third kappa shape index (κ3) is 4.44. The van der Waals surface area contributed by atoms with Crippen molar-refractivity contribution in [3.05, 3.63) is 102 Å². The number of pyridine rings is 1. The number of amides is 2. The number of benzene rings is 2. The average Bonchev–Trinajstić information content (AvgIpc) is 3.30. The summed E-state index contributed by atoms with van der Waals surface area (Å²) in [6.07, 6.45) is 6.41. The molecule has 0 radical (unpaired) electrons. The molecule has 2 aromatic heterocycles. The predicted octanol–water partition coefficient (Wildman–Crippen LogP) is 4.41. The number of anilines is 1. The van der Waals surface area contributed by atoms with Gasteiger partial charge in [-0.2, -0.15) is 0 Å². The number of fused-ring (bicyclic) bond motifs is 1. The van der Waals surface area contributed by atoms with Crippen molar-refractivity contribution in [3.8, 4) is 0 Å². The number of hydrogen-bond donors (Lipinski definition) is 2. The van der Waals surface area contributed by atoms with E-state index < -0.39 is 0 Å². The Hall–Kier alpha value is -4.19. The summed E-state index contributed by atoms with van der Waals surface area (Å²) in [6, 6.07) is 20.0. The molecule has 0 aliphatic heterocycles. The molecule has 148 valence electrons. The monoisotopic (exact) mass is 397 g/mol. The molecule has 0 aliphatic rings. The van der Waals surface area contributed by atoms with Crippen molar-refractivity contribution >= 4 is 34.5 Å². The number of carbonyl (C=O) groups is 2. The summed E-state index contributed by atoms with van der Waals surface area (Å²) < 4.78 is 5.22. The van der Waals surface area contributed by atoms with Crippen molar-refractivity contribution in [2.75, 3.05) is 5.32 Å². The quantitative estimate of drug-likeness (QED) is 0.472. The van der Waals surface area contributed by atoms with Crippen molar-refractivity contribution in [2.45, 2.75) is 6.54 Å². The van der Waals surface area contributed by atoms with Gasteiger partial charge in [0.05, 0.1) is 29.6 Å². The molecular weight excluding hydrogens is 378 g/mol. The molecule has 4 rings (SSSR count). The van der Waals surface area contributed by atoms with Gasteiger partial charge < -0.3 is 15.1 Å². The van der Waals surface area contributed by atoms with Crippen LogP contribution in [0.5, 0.6) is 0 Å². The molecule has 0 aliphatic carbocycles. The minimum atomic E-state index is -0.339. The van der Waals surface area contributed by atoms with Crippen LogP contribution in [0.3, 0.4) is 0 Å². The van der Waals surface area contributed by atoms with Gasteiger partial charge in [0.2, 0.25) is 5.91 Å². The third-order valence-electron chi connectivity index (χ3n) is 4.51. The van der Waals surface area contributed by atoms with Gasteiger partial charge in [-0.05, 0) is 36.4 Å². The van der Waals surface area contributed by atoms with E-state index in [1.807, 2.05) is 30.3 Å². The molecule has 0 atom stereocenters. The van der Waals surface area contributed by atoms with Gasteiger partial charge in [-0.15, -0.1) is 0 Å². The Bertz CT molecular complexity index is 1210. The molecule has 2 N–H and O–H groups in total. The Morgan fingerprint density at radius 1 is 0.967 bits per heavy atom. The standard InChI is InChI=1S/C24H19N3O3/c28-22(13-12-18-7-3-6-17-8-4-14-25-23(17)18)27-21-11-2-1-10-20(21)24(29)26-16-19-9-5-15-30-19/h1-15H,16H2,(H,26,29)(H,27,28)/b13-12+. The molecule has 6 nitrogen and oxygen atoms in total. The maximum absolute atomic E-state index is 12.5. The normalized spacial score (nSPS) is 10.9. The van der Waals surface area contributed by atoms with Gasteiger partial charge in [-0.25, -0.2) is 0 Å². The molecule has 0 bridgehead atoms. The zero-order chi connectivity index (χ0) is 20.8. The van der Waals surface area contributed by atoms with Gasteiger partial charge >= 0.3 is 0 Å². The highest BCUT2D eigenvalue weighted by Gasteiger charge is 2.12. The fourth-order valence-electron chi connectivity index (χ4n) is 3.07. The van der Waals surface area contributed by atoms with E-state index in [-0.39, 0.29) is 18.4 Å². The van der Waals surface area contributed by atoms with Crippen molar-refractivity contribution in [1.29, 1.82) is 0 Å². The van der Waals surface area contributed by atoms with Crippen molar-refractivity contribution < 1.29 is 14.0 Å². The molecule has 2 amide bonds. The maximum Gasteiger partial charge on any atom is 0.253 e. The average molecular weight is 397 g/mol. The molecule has 6 heteroatoms. The molecule has 0 saturated carbocycles. The van der Waals surface area contributed by atoms with E-state index in [1.165, 1.54) is 6.08 Å². The van der Waals surface area contributed by atoms with Gasteiger partial charge in [0.25, 0.3) is 5.91 Å². The molecule has 2 heterocycles. The van der Waals surface area contributed by atoms with Gasteiger partial charge in [-0.3, -0.25) is 14.6 Å². The van der Waals surface area contributed by atoms with Crippen molar-refractivity contribution in [3.63, 3.8) is 0 Å². The van der Waals surface area contributed by atoms with Crippen LogP contribution in [0.1, 0.15) is 21.7 Å². The Morgan fingerprint density at radius 3 is 2.70 bits per heavy atom. The van der Waals surface area contributed by atoms with E-state index in [4.69, 9.17) is 4.42 Å². The van der Waals surface area contributed by atoms with Gasteiger partial charge in [0.15, 0.2) is 0 Å². The second-order valence-electron chi connectivity index (χ2n) is 6.55. The van der Waals surface area contributed by atoms with Crippen LogP contribution in [0.25, 0.3) is 17.0 Å². The SMILES string of the molecule is O=C(/C=C/c1cccc2cccnc12)Nc1ccccc1C(=O)NCc1ccco1. The highest BCUT2D eigenvalue weighted by Crippen LogP contribution is 2.18. The van der Waals surface area contributed by atoms with Gasteiger partial charge in [0, 0.05) is 23.2 Å². The zero-order valence-corrected chi connectivity index (χ0v) is 16.0. The second kappa shape index (κ2) is 8.87. The first kappa shape index (κ1) is 19.1. The Balaban J connectivity index is 1.47. The third-order valence-corrected chi connectivity index (χ3v) is 4.51. The fraction of sp³-hybridized carbons (Fsp3) is 0.0417. The minimum Gasteiger partial charge on any atom is -0.467 e. The summed E-state index contributed by atoms with van der Waals surface area (Å²) in [4.78, 5) is 29.4. The number of carbonyl (C=O) groups excluding carboxylic acids is 2. The first-order valence-electron chi connectivity index (χ1n) is 9.43. The fourth-order valence-corrected chi connectivity index (χ4v) is 3.07. The number of nitrogens with one attached hydrogen (secondary N) is 2. The summed E-state index contributed by atoms with van der Waals surface area (Å²) >= 11 is 0. The smallest absolute Gasteiger partial charge is 0.253 e. The first-order chi connectivity index (χ1) is 14.7. The molecule has 4 aromatic rings. The lowest BCUT2D eigenvalue weighted by molar-refractivity contribution is -0.111. The lowest BCUT2D eigenvalue weighted by Gasteiger charge is -2.10. The van der Waals surface area contributed by atoms with E-state index in [0.717, 1.165) is 16.5 Å². The number of nitrogens with zero attached hydrogens (tertiary/aromatic N) is 1. The number of aromatic nitrogens is 1. The topological polar surface area (TPSA) is 84.2 Å². The molecule has 0 spiro atoms. The molecule has 0 unspecified atom stereocenters. The largest absolute Gasteiger partial charge is 0.467 e. The van der Waals surface area contributed by atoms with E-state index in [0.29, 0.717) is 17.0 Å². The van der Waals surface area contributed by atoms with Gasteiger partial charge in [-0.1, -0.05) is 36.4 Å². The Morgan fingerprint density at radius 2 is 1.83 bits per heavy atom. The lowest BCUT2D eigenvalue weighted by Crippen LogP contribution is -2.24. The van der Waals surface area contributed by atoms with Crippen molar-refractivity contribution in [1.82, 2.24) is 10.3 Å². The number of para-hydroxylation sites is 2. The van der Waals surface area contributed by atoms with E-state index in [9.17, 15) is 9.59 Å². The van der Waals surface area contributed by atoms with Crippen LogP contribution in [0.15, 0.2) is 89.7 Å². The van der Waals surface area contributed by atoms with Crippen LogP contribution in [-0.2, 0) is 11.3 Å². The van der Waals surface area contributed by atoms with Crippen LogP contribution in [0.4, 0.5) is 5.69 Å². The van der Waals surface area contributed by atoms with E-state index in [2.05, 4.69) is 15.6 Å². The van der Waals surface area contributed by atoms with Crippen LogP contribution >= 0.6 is 0 Å². The Labute approximate surface area is 173 Å². The predicted molar refractivity (Wildman–Crippen MR) is 116 cm³/mol. The molecule has 30 heavy (non-hydrogen) atoms.